The number of anilines is 1. The van der Waals surface area contributed by atoms with Crippen LogP contribution in [0.2, 0.25) is 0 Å². The number of rotatable bonds is 2. The molecule has 31 heavy (non-hydrogen) atoms. The van der Waals surface area contributed by atoms with Crippen LogP contribution in [0.1, 0.15) is 24.1 Å². The Bertz CT molecular complexity index is 1270. The molecule has 0 atom stereocenters. The second-order valence-electron chi connectivity index (χ2n) is 7.08. The van der Waals surface area contributed by atoms with Gasteiger partial charge >= 0.3 is 12.4 Å². The van der Waals surface area contributed by atoms with Crippen LogP contribution in [0.3, 0.4) is 0 Å². The van der Waals surface area contributed by atoms with Gasteiger partial charge in [-0.25, -0.2) is 9.97 Å². The largest absolute Gasteiger partial charge is 0.433 e. The zero-order valence-electron chi connectivity index (χ0n) is 15.5. The Morgan fingerprint density at radius 2 is 1.65 bits per heavy atom. The summed E-state index contributed by atoms with van der Waals surface area (Å²) < 4.78 is 87.5. The lowest BCUT2D eigenvalue weighted by molar-refractivity contribution is -0.144. The number of alkyl halides is 6. The number of hydrogen-bond donors (Lipinski definition) is 0. The van der Waals surface area contributed by atoms with Crippen LogP contribution < -0.4 is 4.90 Å². The molecule has 1 saturated heterocycles. The van der Waals surface area contributed by atoms with Crippen molar-refractivity contribution in [3.63, 3.8) is 0 Å². The first-order chi connectivity index (χ1) is 14.6. The third-order valence-electron chi connectivity index (χ3n) is 5.10. The van der Waals surface area contributed by atoms with Gasteiger partial charge in [0.1, 0.15) is 17.0 Å². The molecule has 4 aromatic heterocycles. The quantitative estimate of drug-likeness (QED) is 0.424. The van der Waals surface area contributed by atoms with Crippen LogP contribution in [0.5, 0.6) is 0 Å². The predicted molar refractivity (Wildman–Crippen MR) is 95.2 cm³/mol. The average Bonchev–Trinajstić information content (AvgIpc) is 3.46. The Morgan fingerprint density at radius 3 is 2.26 bits per heavy atom. The summed E-state index contributed by atoms with van der Waals surface area (Å²) in [4.78, 5) is 9.72. The first kappa shape index (κ1) is 19.6. The third-order valence-corrected chi connectivity index (χ3v) is 5.10. The van der Waals surface area contributed by atoms with E-state index in [9.17, 15) is 26.3 Å². The van der Waals surface area contributed by atoms with Gasteiger partial charge in [0.05, 0.1) is 11.3 Å². The highest BCUT2D eigenvalue weighted by Gasteiger charge is 2.40. The summed E-state index contributed by atoms with van der Waals surface area (Å²) in [6.07, 6.45) is -6.13. The van der Waals surface area contributed by atoms with E-state index in [1.165, 1.54) is 12.3 Å². The summed E-state index contributed by atoms with van der Waals surface area (Å²) in [5.41, 5.74) is -2.95. The molecule has 0 amide bonds. The van der Waals surface area contributed by atoms with Crippen LogP contribution in [-0.2, 0) is 12.4 Å². The summed E-state index contributed by atoms with van der Waals surface area (Å²) in [5.74, 6) is -0.0211. The van der Waals surface area contributed by atoms with Gasteiger partial charge in [0.2, 0.25) is 6.39 Å². The van der Waals surface area contributed by atoms with Crippen molar-refractivity contribution in [3.05, 3.63) is 36.0 Å². The van der Waals surface area contributed by atoms with Crippen molar-refractivity contribution < 1.29 is 30.8 Å². The van der Waals surface area contributed by atoms with Crippen molar-refractivity contribution in [1.82, 2.24) is 24.6 Å². The molecule has 0 radical (unpaired) electrons. The maximum Gasteiger partial charge on any atom is 0.433 e. The van der Waals surface area contributed by atoms with E-state index in [1.54, 1.807) is 0 Å². The number of hydrogen-bond acceptors (Lipinski definition) is 6. The van der Waals surface area contributed by atoms with Crippen LogP contribution in [0, 0.1) is 0 Å². The molecule has 5 rings (SSSR count). The molecule has 0 bridgehead atoms. The van der Waals surface area contributed by atoms with Gasteiger partial charge in [-0.05, 0) is 25.0 Å². The standard InChI is InChI=1S/C18H12F6N6O/c19-17(20,21)10-6-13(18(22,23)24)27-14-9(10)5-12(29-3-1-2-4-29)15-26-11(7-30(14)15)16-28-25-8-31-16/h5-8H,1-4H2. The zero-order valence-corrected chi connectivity index (χ0v) is 15.5. The van der Waals surface area contributed by atoms with Gasteiger partial charge in [-0.3, -0.25) is 4.40 Å². The van der Waals surface area contributed by atoms with E-state index in [4.69, 9.17) is 4.42 Å². The molecular formula is C18H12F6N6O. The SMILES string of the molecule is FC(F)(F)c1cc(C(F)(F)F)c2cc(N3CCCC3)c3nc(-c4nnco4)cn3c2n1. The molecule has 1 fully saturated rings. The minimum absolute atomic E-state index is 0.0211. The molecular weight excluding hydrogens is 430 g/mol. The highest BCUT2D eigenvalue weighted by Crippen LogP contribution is 2.41. The molecule has 0 unspecified atom stereocenters. The second-order valence-corrected chi connectivity index (χ2v) is 7.08. The number of pyridine rings is 2. The van der Waals surface area contributed by atoms with E-state index in [0.717, 1.165) is 23.6 Å². The maximum absolute atomic E-state index is 13.8. The van der Waals surface area contributed by atoms with E-state index < -0.39 is 34.6 Å². The second kappa shape index (κ2) is 6.56. The molecule has 13 heteroatoms. The van der Waals surface area contributed by atoms with Gasteiger partial charge in [0, 0.05) is 24.7 Å². The number of imidazole rings is 1. The van der Waals surface area contributed by atoms with Gasteiger partial charge in [-0.15, -0.1) is 10.2 Å². The lowest BCUT2D eigenvalue weighted by atomic mass is 10.1. The van der Waals surface area contributed by atoms with Crippen LogP contribution in [0.15, 0.2) is 29.1 Å². The minimum Gasteiger partial charge on any atom is -0.422 e. The molecule has 0 spiro atoms. The zero-order chi connectivity index (χ0) is 22.0. The Labute approximate surface area is 169 Å². The first-order valence-electron chi connectivity index (χ1n) is 9.15. The first-order valence-corrected chi connectivity index (χ1v) is 9.15. The van der Waals surface area contributed by atoms with Crippen molar-refractivity contribution >= 4 is 22.4 Å². The monoisotopic (exact) mass is 442 g/mol. The van der Waals surface area contributed by atoms with Crippen LogP contribution >= 0.6 is 0 Å². The number of aromatic nitrogens is 5. The van der Waals surface area contributed by atoms with E-state index in [2.05, 4.69) is 20.2 Å². The Balaban J connectivity index is 1.90. The van der Waals surface area contributed by atoms with Gasteiger partial charge in [-0.1, -0.05) is 0 Å². The number of fused-ring (bicyclic) bond motifs is 3. The third kappa shape index (κ3) is 3.24. The van der Waals surface area contributed by atoms with E-state index in [-0.39, 0.29) is 23.3 Å². The molecule has 5 heterocycles. The fraction of sp³-hybridized carbons (Fsp3) is 0.333. The van der Waals surface area contributed by atoms with Crippen LogP contribution in [0.4, 0.5) is 32.0 Å². The van der Waals surface area contributed by atoms with Crippen molar-refractivity contribution in [3.8, 4) is 11.6 Å². The molecule has 0 N–H and O–H groups in total. The summed E-state index contributed by atoms with van der Waals surface area (Å²) >= 11 is 0. The topological polar surface area (TPSA) is 72.4 Å². The summed E-state index contributed by atoms with van der Waals surface area (Å²) in [7, 11) is 0. The number of halogens is 6. The van der Waals surface area contributed by atoms with Gasteiger partial charge < -0.3 is 9.32 Å². The average molecular weight is 442 g/mol. The van der Waals surface area contributed by atoms with Gasteiger partial charge in [0.25, 0.3) is 5.89 Å². The predicted octanol–water partition coefficient (Wildman–Crippen LogP) is 4.57. The molecule has 0 aromatic carbocycles. The summed E-state index contributed by atoms with van der Waals surface area (Å²) in [6, 6.07) is 1.24. The van der Waals surface area contributed by atoms with Gasteiger partial charge in [-0.2, -0.15) is 26.3 Å². The van der Waals surface area contributed by atoms with Crippen LogP contribution in [-0.4, -0.2) is 37.7 Å². The van der Waals surface area contributed by atoms with E-state index in [1.807, 2.05) is 4.90 Å². The lowest BCUT2D eigenvalue weighted by Gasteiger charge is -2.21. The lowest BCUT2D eigenvalue weighted by Crippen LogP contribution is -2.20. The highest BCUT2D eigenvalue weighted by atomic mass is 19.4. The normalized spacial score (nSPS) is 15.5. The Hall–Kier alpha value is -3.38. The van der Waals surface area contributed by atoms with Gasteiger partial charge in [0.15, 0.2) is 5.65 Å². The molecule has 1 aliphatic heterocycles. The smallest absolute Gasteiger partial charge is 0.422 e. The minimum atomic E-state index is -5.07. The number of nitrogens with zero attached hydrogens (tertiary/aromatic N) is 6. The summed E-state index contributed by atoms with van der Waals surface area (Å²) in [6.45, 7) is 1.17. The maximum atomic E-state index is 13.8. The molecule has 0 saturated carbocycles. The Kier molecular flexibility index (Phi) is 4.14. The molecule has 0 aliphatic carbocycles. The fourth-order valence-corrected chi connectivity index (χ4v) is 3.75. The van der Waals surface area contributed by atoms with Crippen molar-refractivity contribution in [2.75, 3.05) is 18.0 Å². The Morgan fingerprint density at radius 1 is 0.903 bits per heavy atom. The van der Waals surface area contributed by atoms with Crippen molar-refractivity contribution in [1.29, 1.82) is 0 Å². The van der Waals surface area contributed by atoms with Crippen molar-refractivity contribution in [2.24, 2.45) is 0 Å². The van der Waals surface area contributed by atoms with E-state index >= 15 is 0 Å². The molecule has 1 aliphatic rings. The van der Waals surface area contributed by atoms with E-state index in [0.29, 0.717) is 18.8 Å². The molecule has 162 valence electrons. The summed E-state index contributed by atoms with van der Waals surface area (Å²) in [5, 5.41) is 6.80. The highest BCUT2D eigenvalue weighted by molar-refractivity contribution is 5.91. The fourth-order valence-electron chi connectivity index (χ4n) is 3.75. The molecule has 7 nitrogen and oxygen atoms in total. The van der Waals surface area contributed by atoms with Crippen molar-refractivity contribution in [2.45, 2.75) is 25.2 Å². The molecule has 4 aromatic rings. The van der Waals surface area contributed by atoms with Crippen LogP contribution in [0.25, 0.3) is 28.3 Å².